The highest BCUT2D eigenvalue weighted by Crippen LogP contribution is 2.49. The smallest absolute Gasteiger partial charge is 0.119 e. The lowest BCUT2D eigenvalue weighted by Gasteiger charge is -2.03. The van der Waals surface area contributed by atoms with E-state index in [4.69, 9.17) is 27.2 Å². The molecule has 1 aromatic carbocycles. The van der Waals surface area contributed by atoms with E-state index < -0.39 is 6.63 Å². The number of ether oxygens (including phenoxy) is 1. The topological polar surface area (TPSA) is 9.23 Å². The minimum Gasteiger partial charge on any atom is -0.497 e. The molecular weight excluding hydrogens is 214 g/mol. The summed E-state index contributed by atoms with van der Waals surface area (Å²) < 4.78 is 5.06. The van der Waals surface area contributed by atoms with Crippen molar-refractivity contribution in [2.24, 2.45) is 0 Å². The molecule has 0 spiro atoms. The Balaban J connectivity index is 2.72. The van der Waals surface area contributed by atoms with Gasteiger partial charge >= 0.3 is 0 Å². The number of rotatable bonds is 3. The van der Waals surface area contributed by atoms with Crippen LogP contribution in [-0.4, -0.2) is 7.11 Å². The Kier molecular flexibility index (Phi) is 4.14. The maximum Gasteiger partial charge on any atom is 0.119 e. The average molecular weight is 223 g/mol. The van der Waals surface area contributed by atoms with Crippen molar-refractivity contribution in [1.29, 1.82) is 0 Å². The molecule has 0 saturated heterocycles. The zero-order valence-electron chi connectivity index (χ0n) is 6.63. The summed E-state index contributed by atoms with van der Waals surface area (Å²) in [7, 11) is 1.64. The lowest BCUT2D eigenvalue weighted by atomic mass is 10.2. The van der Waals surface area contributed by atoms with E-state index in [1.807, 2.05) is 24.3 Å². The first-order valence-electron chi connectivity index (χ1n) is 3.44. The third kappa shape index (κ3) is 3.18. The molecule has 12 heavy (non-hydrogen) atoms. The second-order valence-electron chi connectivity index (χ2n) is 2.31. The van der Waals surface area contributed by atoms with Crippen molar-refractivity contribution in [3.05, 3.63) is 29.8 Å². The van der Waals surface area contributed by atoms with Crippen LogP contribution in [0.3, 0.4) is 0 Å². The van der Waals surface area contributed by atoms with E-state index in [0.717, 1.165) is 17.5 Å². The molecule has 0 aromatic heterocycles. The number of methoxy groups -OCH3 is 1. The molecule has 0 unspecified atom stereocenters. The van der Waals surface area contributed by atoms with Crippen molar-refractivity contribution in [1.82, 2.24) is 0 Å². The Morgan fingerprint density at radius 3 is 2.75 bits per heavy atom. The van der Waals surface area contributed by atoms with Crippen LogP contribution in [-0.2, 0) is 6.16 Å². The van der Waals surface area contributed by atoms with Crippen LogP contribution in [0.4, 0.5) is 0 Å². The Labute approximate surface area is 83.0 Å². The van der Waals surface area contributed by atoms with Crippen LogP contribution in [0.25, 0.3) is 0 Å². The van der Waals surface area contributed by atoms with E-state index in [-0.39, 0.29) is 0 Å². The molecule has 0 N–H and O–H groups in total. The van der Waals surface area contributed by atoms with Crippen LogP contribution in [0.15, 0.2) is 24.3 Å². The number of hydrogen-bond donors (Lipinski definition) is 0. The quantitative estimate of drug-likeness (QED) is 0.704. The van der Waals surface area contributed by atoms with Crippen molar-refractivity contribution in [3.8, 4) is 5.75 Å². The molecule has 1 aromatic rings. The monoisotopic (exact) mass is 222 g/mol. The van der Waals surface area contributed by atoms with Gasteiger partial charge in [0.05, 0.1) is 13.7 Å². The highest BCUT2D eigenvalue weighted by molar-refractivity contribution is 8.03. The number of benzene rings is 1. The number of hydrogen-bond acceptors (Lipinski definition) is 1. The average Bonchev–Trinajstić information content (AvgIpc) is 2.03. The first-order chi connectivity index (χ1) is 5.72. The van der Waals surface area contributed by atoms with Crippen LogP contribution in [0.5, 0.6) is 5.75 Å². The van der Waals surface area contributed by atoms with E-state index in [1.54, 1.807) is 7.11 Å². The lowest BCUT2D eigenvalue weighted by molar-refractivity contribution is 0.414. The molecule has 0 aliphatic heterocycles. The van der Waals surface area contributed by atoms with E-state index in [2.05, 4.69) is 0 Å². The molecule has 1 rings (SSSR count). The van der Waals surface area contributed by atoms with Gasteiger partial charge in [0.1, 0.15) is 5.75 Å². The van der Waals surface area contributed by atoms with Crippen molar-refractivity contribution in [2.75, 3.05) is 7.11 Å². The normalized spacial score (nSPS) is 10.3. The van der Waals surface area contributed by atoms with Gasteiger partial charge in [-0.15, -0.1) is 0 Å². The molecule has 0 amide bonds. The van der Waals surface area contributed by atoms with Gasteiger partial charge < -0.3 is 4.74 Å². The van der Waals surface area contributed by atoms with Gasteiger partial charge in [-0.25, -0.2) is 0 Å². The Morgan fingerprint density at radius 2 is 2.17 bits per heavy atom. The van der Waals surface area contributed by atoms with Gasteiger partial charge in [-0.3, -0.25) is 0 Å². The van der Waals surface area contributed by atoms with Crippen LogP contribution in [0.2, 0.25) is 0 Å². The zero-order valence-corrected chi connectivity index (χ0v) is 9.03. The maximum absolute atomic E-state index is 5.70. The van der Waals surface area contributed by atoms with Crippen molar-refractivity contribution < 1.29 is 4.74 Å². The van der Waals surface area contributed by atoms with E-state index in [1.165, 1.54) is 0 Å². The van der Waals surface area contributed by atoms with Gasteiger partial charge in [-0.05, 0) is 17.7 Å². The predicted octanol–water partition coefficient (Wildman–Crippen LogP) is 3.98. The second kappa shape index (κ2) is 4.91. The molecule has 0 saturated carbocycles. The molecule has 0 heterocycles. The van der Waals surface area contributed by atoms with Crippen LogP contribution in [0.1, 0.15) is 5.56 Å². The Morgan fingerprint density at radius 1 is 1.42 bits per heavy atom. The molecular formula is C8H9Cl2OP. The standard InChI is InChI=1S/C8H9Cl2OP/c1-11-8-4-2-3-7(5-8)6-12(9)10/h2-5H,6H2,1H3. The summed E-state index contributed by atoms with van der Waals surface area (Å²) in [5.74, 6) is 0.845. The first-order valence-corrected chi connectivity index (χ1v) is 6.78. The van der Waals surface area contributed by atoms with Gasteiger partial charge in [-0.1, -0.05) is 34.6 Å². The summed E-state index contributed by atoms with van der Waals surface area (Å²) in [5, 5.41) is 0. The molecule has 1 nitrogen and oxygen atoms in total. The predicted molar refractivity (Wildman–Crippen MR) is 55.3 cm³/mol. The fraction of sp³-hybridized carbons (Fsp3) is 0.250. The maximum atomic E-state index is 5.70. The van der Waals surface area contributed by atoms with E-state index >= 15 is 0 Å². The van der Waals surface area contributed by atoms with Crippen molar-refractivity contribution >= 4 is 29.1 Å². The SMILES string of the molecule is COc1cccc(CP(Cl)Cl)c1. The molecule has 0 atom stereocenters. The van der Waals surface area contributed by atoms with Crippen molar-refractivity contribution in [2.45, 2.75) is 6.16 Å². The summed E-state index contributed by atoms with van der Waals surface area (Å²) >= 11 is 11.4. The first kappa shape index (κ1) is 10.1. The molecule has 0 fully saturated rings. The van der Waals surface area contributed by atoms with Gasteiger partial charge in [0.15, 0.2) is 0 Å². The van der Waals surface area contributed by atoms with E-state index in [0.29, 0.717) is 0 Å². The van der Waals surface area contributed by atoms with Gasteiger partial charge in [0.2, 0.25) is 0 Å². The van der Waals surface area contributed by atoms with Gasteiger partial charge in [-0.2, -0.15) is 0 Å². The molecule has 4 heteroatoms. The van der Waals surface area contributed by atoms with Gasteiger partial charge in [0.25, 0.3) is 0 Å². The third-order valence-corrected chi connectivity index (χ3v) is 2.76. The highest BCUT2D eigenvalue weighted by atomic mass is 35.9. The highest BCUT2D eigenvalue weighted by Gasteiger charge is 2.01. The lowest BCUT2D eigenvalue weighted by Crippen LogP contribution is -1.84. The molecule has 0 bridgehead atoms. The van der Waals surface area contributed by atoms with Crippen LogP contribution in [0, 0.1) is 0 Å². The number of halogens is 2. The minimum absolute atomic E-state index is 0.718. The Hall–Kier alpha value is 0.0300. The summed E-state index contributed by atoms with van der Waals surface area (Å²) in [6.07, 6.45) is 0.718. The summed E-state index contributed by atoms with van der Waals surface area (Å²) in [4.78, 5) is 0. The van der Waals surface area contributed by atoms with Gasteiger partial charge in [0, 0.05) is 6.16 Å². The minimum atomic E-state index is -0.905. The largest absolute Gasteiger partial charge is 0.497 e. The van der Waals surface area contributed by atoms with E-state index in [9.17, 15) is 0 Å². The third-order valence-electron chi connectivity index (χ3n) is 1.44. The second-order valence-corrected chi connectivity index (χ2v) is 6.20. The van der Waals surface area contributed by atoms with Crippen molar-refractivity contribution in [3.63, 3.8) is 0 Å². The molecule has 0 aliphatic carbocycles. The fourth-order valence-corrected chi connectivity index (χ4v) is 2.21. The van der Waals surface area contributed by atoms with Crippen LogP contribution >= 0.6 is 29.1 Å². The molecule has 0 radical (unpaired) electrons. The molecule has 66 valence electrons. The van der Waals surface area contributed by atoms with Crippen LogP contribution < -0.4 is 4.74 Å². The molecule has 0 aliphatic rings. The fourth-order valence-electron chi connectivity index (χ4n) is 0.909. The summed E-state index contributed by atoms with van der Waals surface area (Å²) in [6, 6.07) is 7.76. The summed E-state index contributed by atoms with van der Waals surface area (Å²) in [6.45, 7) is -0.905. The zero-order chi connectivity index (χ0) is 8.97. The summed E-state index contributed by atoms with van der Waals surface area (Å²) in [5.41, 5.74) is 1.12. The Bertz CT molecular complexity index is 253.